The van der Waals surface area contributed by atoms with Crippen LogP contribution in [-0.4, -0.2) is 54.0 Å². The normalized spacial score (nSPS) is 17.0. The number of nitrogens with one attached hydrogen (secondary N) is 1. The van der Waals surface area contributed by atoms with Gasteiger partial charge >= 0.3 is 16.1 Å². The Morgan fingerprint density at radius 2 is 2.14 bits per heavy atom. The Morgan fingerprint density at radius 1 is 1.48 bits per heavy atom. The summed E-state index contributed by atoms with van der Waals surface area (Å²) in [6, 6.07) is 0. The summed E-state index contributed by atoms with van der Waals surface area (Å²) in [5.74, 6) is -0.294. The molecule has 2 rings (SSSR count). The number of imidazole rings is 1. The van der Waals surface area contributed by atoms with E-state index in [4.69, 9.17) is 5.14 Å². The molecule has 0 amide bonds. The van der Waals surface area contributed by atoms with Gasteiger partial charge in [0.25, 0.3) is 0 Å². The molecule has 1 aromatic heterocycles. The van der Waals surface area contributed by atoms with Crippen molar-refractivity contribution in [1.29, 1.82) is 0 Å². The number of hydrogen-bond acceptors (Lipinski definition) is 8. The highest BCUT2D eigenvalue weighted by Gasteiger charge is 2.25. The van der Waals surface area contributed by atoms with Crippen molar-refractivity contribution in [3.63, 3.8) is 0 Å². The topological polar surface area (TPSA) is 146 Å². The van der Waals surface area contributed by atoms with Gasteiger partial charge in [-0.3, -0.25) is 4.90 Å². The van der Waals surface area contributed by atoms with Gasteiger partial charge in [0.05, 0.1) is 0 Å². The first-order valence-electron chi connectivity index (χ1n) is 6.15. The summed E-state index contributed by atoms with van der Waals surface area (Å²) in [4.78, 5) is 16.5. The van der Waals surface area contributed by atoms with Crippen LogP contribution in [0.5, 0.6) is 0 Å². The van der Waals surface area contributed by atoms with Crippen molar-refractivity contribution in [3.8, 4) is 0 Å². The second-order valence-corrected chi connectivity index (χ2v) is 5.73. The molecular weight excluding hydrogens is 304 g/mol. The summed E-state index contributed by atoms with van der Waals surface area (Å²) >= 11 is 0. The minimum atomic E-state index is -4.17. The Labute approximate surface area is 121 Å². The van der Waals surface area contributed by atoms with E-state index in [1.165, 1.54) is 6.33 Å². The van der Waals surface area contributed by atoms with Gasteiger partial charge in [0.1, 0.15) is 0 Å². The molecule has 0 spiro atoms. The van der Waals surface area contributed by atoms with Crippen LogP contribution >= 0.6 is 0 Å². The molecule has 11 nitrogen and oxygen atoms in total. The SMILES string of the molecule is NS(=O)(=O)OCn1cnc(CN2CCNCC2)c1[N+](=O)[O-]. The molecular formula is C9H16N6O5S. The highest BCUT2D eigenvalue weighted by Crippen LogP contribution is 2.19. The van der Waals surface area contributed by atoms with Crippen molar-refractivity contribution in [3.05, 3.63) is 22.1 Å². The predicted molar refractivity (Wildman–Crippen MR) is 71.2 cm³/mol. The maximum absolute atomic E-state index is 11.1. The van der Waals surface area contributed by atoms with E-state index in [2.05, 4.69) is 14.5 Å². The number of hydrogen-bond donors (Lipinski definition) is 2. The molecule has 0 radical (unpaired) electrons. The van der Waals surface area contributed by atoms with Crippen LogP contribution in [0.15, 0.2) is 6.33 Å². The quantitative estimate of drug-likeness (QED) is 0.469. The number of nitro groups is 1. The van der Waals surface area contributed by atoms with Gasteiger partial charge in [-0.15, -0.1) is 0 Å². The first-order chi connectivity index (χ1) is 9.87. The van der Waals surface area contributed by atoms with E-state index in [0.29, 0.717) is 6.54 Å². The van der Waals surface area contributed by atoms with Gasteiger partial charge in [-0.25, -0.2) is 14.3 Å². The largest absolute Gasteiger partial charge is 0.358 e. The molecule has 0 unspecified atom stereocenters. The van der Waals surface area contributed by atoms with Crippen LogP contribution in [0, 0.1) is 10.1 Å². The second kappa shape index (κ2) is 6.44. The molecule has 21 heavy (non-hydrogen) atoms. The first-order valence-corrected chi connectivity index (χ1v) is 7.62. The zero-order valence-corrected chi connectivity index (χ0v) is 12.0. The zero-order chi connectivity index (χ0) is 15.5. The molecule has 1 aliphatic rings. The van der Waals surface area contributed by atoms with Gasteiger partial charge in [0.15, 0.2) is 12.0 Å². The van der Waals surface area contributed by atoms with Gasteiger partial charge < -0.3 is 15.4 Å². The Hall–Kier alpha value is -1.60. The van der Waals surface area contributed by atoms with Crippen molar-refractivity contribution in [2.24, 2.45) is 5.14 Å². The fourth-order valence-electron chi connectivity index (χ4n) is 2.05. The van der Waals surface area contributed by atoms with Gasteiger partial charge in [0, 0.05) is 32.7 Å². The second-order valence-electron chi connectivity index (χ2n) is 4.51. The zero-order valence-electron chi connectivity index (χ0n) is 11.1. The van der Waals surface area contributed by atoms with Gasteiger partial charge in [0.2, 0.25) is 6.73 Å². The minimum Gasteiger partial charge on any atom is -0.358 e. The molecule has 0 aromatic carbocycles. The van der Waals surface area contributed by atoms with Crippen LogP contribution in [0.25, 0.3) is 0 Å². The van der Waals surface area contributed by atoms with Crippen molar-refractivity contribution in [1.82, 2.24) is 19.8 Å². The van der Waals surface area contributed by atoms with Crippen molar-refractivity contribution in [2.45, 2.75) is 13.3 Å². The number of rotatable bonds is 6. The number of nitrogens with zero attached hydrogens (tertiary/aromatic N) is 4. The smallest absolute Gasteiger partial charge is 0.349 e. The Balaban J connectivity index is 2.14. The average Bonchev–Trinajstić information content (AvgIpc) is 2.80. The fraction of sp³-hybridized carbons (Fsp3) is 0.667. The van der Waals surface area contributed by atoms with Crippen molar-refractivity contribution >= 4 is 16.1 Å². The molecule has 1 aromatic rings. The number of piperazine rings is 1. The van der Waals surface area contributed by atoms with Crippen LogP contribution in [0.4, 0.5) is 5.82 Å². The molecule has 0 atom stereocenters. The maximum atomic E-state index is 11.1. The maximum Gasteiger partial charge on any atom is 0.349 e. The number of nitrogens with two attached hydrogens (primary N) is 1. The van der Waals surface area contributed by atoms with E-state index in [9.17, 15) is 18.5 Å². The van der Waals surface area contributed by atoms with Crippen molar-refractivity contribution < 1.29 is 17.5 Å². The molecule has 118 valence electrons. The first kappa shape index (κ1) is 15.8. The molecule has 0 saturated carbocycles. The van der Waals surface area contributed by atoms with Crippen LogP contribution < -0.4 is 10.5 Å². The highest BCUT2D eigenvalue weighted by molar-refractivity contribution is 7.84. The van der Waals surface area contributed by atoms with Crippen LogP contribution in [-0.2, 0) is 27.8 Å². The lowest BCUT2D eigenvalue weighted by Crippen LogP contribution is -2.43. The predicted octanol–water partition coefficient (Wildman–Crippen LogP) is -1.63. The molecule has 0 aliphatic carbocycles. The monoisotopic (exact) mass is 320 g/mol. The summed E-state index contributed by atoms with van der Waals surface area (Å²) in [5, 5.41) is 19.0. The third kappa shape index (κ3) is 4.44. The Bertz CT molecular complexity index is 608. The Kier molecular flexibility index (Phi) is 4.84. The molecule has 2 heterocycles. The van der Waals surface area contributed by atoms with Gasteiger partial charge in [-0.05, 0) is 4.92 Å². The lowest BCUT2D eigenvalue weighted by Gasteiger charge is -2.26. The molecule has 1 fully saturated rings. The van der Waals surface area contributed by atoms with Crippen LogP contribution in [0.1, 0.15) is 5.69 Å². The van der Waals surface area contributed by atoms with E-state index in [1.54, 1.807) is 0 Å². The summed E-state index contributed by atoms with van der Waals surface area (Å²) in [5.41, 5.74) is 0.264. The molecule has 1 saturated heterocycles. The number of aromatic nitrogens is 2. The van der Waals surface area contributed by atoms with Gasteiger partial charge in [-0.1, -0.05) is 0 Å². The molecule has 12 heteroatoms. The standard InChI is InChI=1S/C9H16N6O5S/c10-21(18,19)20-7-14-6-12-8(9(14)15(16)17)5-13-3-1-11-2-4-13/h6,11H,1-5,7H2,(H2,10,18,19). The van der Waals surface area contributed by atoms with E-state index in [1.807, 2.05) is 4.90 Å². The van der Waals surface area contributed by atoms with E-state index in [-0.39, 0.29) is 11.5 Å². The summed E-state index contributed by atoms with van der Waals surface area (Å²) in [6.07, 6.45) is 1.17. The summed E-state index contributed by atoms with van der Waals surface area (Å²) in [7, 11) is -4.17. The van der Waals surface area contributed by atoms with Gasteiger partial charge in [-0.2, -0.15) is 13.0 Å². The lowest BCUT2D eigenvalue weighted by atomic mass is 10.3. The molecule has 1 aliphatic heterocycles. The van der Waals surface area contributed by atoms with E-state index < -0.39 is 22.0 Å². The summed E-state index contributed by atoms with van der Waals surface area (Å²) < 4.78 is 26.8. The third-order valence-electron chi connectivity index (χ3n) is 3.00. The lowest BCUT2D eigenvalue weighted by molar-refractivity contribution is -0.393. The minimum absolute atomic E-state index is 0.264. The molecule has 0 bridgehead atoms. The highest BCUT2D eigenvalue weighted by atomic mass is 32.2. The van der Waals surface area contributed by atoms with Crippen molar-refractivity contribution in [2.75, 3.05) is 26.2 Å². The third-order valence-corrected chi connectivity index (χ3v) is 3.43. The van der Waals surface area contributed by atoms with E-state index in [0.717, 1.165) is 30.7 Å². The van der Waals surface area contributed by atoms with Crippen LogP contribution in [0.3, 0.4) is 0 Å². The summed E-state index contributed by atoms with van der Waals surface area (Å²) in [6.45, 7) is 2.88. The molecule has 3 N–H and O–H groups in total. The Morgan fingerprint density at radius 3 is 2.71 bits per heavy atom. The van der Waals surface area contributed by atoms with E-state index >= 15 is 0 Å². The fourth-order valence-corrected chi connectivity index (χ4v) is 2.31. The van der Waals surface area contributed by atoms with Crippen LogP contribution in [0.2, 0.25) is 0 Å². The average molecular weight is 320 g/mol.